The SMILES string of the molecule is CNc1ncc(Br)c(NCCCn2cccn2)n1. The number of nitrogens with one attached hydrogen (secondary N) is 2. The van der Waals surface area contributed by atoms with Crippen LogP contribution >= 0.6 is 15.9 Å². The van der Waals surface area contributed by atoms with Crippen LogP contribution in [-0.4, -0.2) is 33.3 Å². The van der Waals surface area contributed by atoms with Crippen LogP contribution in [0.1, 0.15) is 6.42 Å². The second-order valence-electron chi connectivity index (χ2n) is 3.69. The third-order valence-corrected chi connectivity index (χ3v) is 2.96. The number of aromatic nitrogens is 4. The van der Waals surface area contributed by atoms with E-state index in [0.29, 0.717) is 5.95 Å². The Morgan fingerprint density at radius 2 is 2.33 bits per heavy atom. The topological polar surface area (TPSA) is 67.7 Å². The molecule has 96 valence electrons. The van der Waals surface area contributed by atoms with Gasteiger partial charge in [-0.1, -0.05) is 0 Å². The molecule has 0 unspecified atom stereocenters. The van der Waals surface area contributed by atoms with E-state index in [1.165, 1.54) is 0 Å². The molecule has 0 amide bonds. The van der Waals surface area contributed by atoms with Crippen molar-refractivity contribution in [3.8, 4) is 0 Å². The summed E-state index contributed by atoms with van der Waals surface area (Å²) >= 11 is 3.42. The molecule has 0 atom stereocenters. The van der Waals surface area contributed by atoms with E-state index in [2.05, 4.69) is 41.6 Å². The van der Waals surface area contributed by atoms with Gasteiger partial charge in [-0.25, -0.2) is 4.98 Å². The molecule has 18 heavy (non-hydrogen) atoms. The molecule has 7 heteroatoms. The van der Waals surface area contributed by atoms with E-state index in [-0.39, 0.29) is 0 Å². The van der Waals surface area contributed by atoms with Crippen LogP contribution in [0.5, 0.6) is 0 Å². The quantitative estimate of drug-likeness (QED) is 0.799. The monoisotopic (exact) mass is 310 g/mol. The van der Waals surface area contributed by atoms with E-state index in [9.17, 15) is 0 Å². The third kappa shape index (κ3) is 3.43. The number of aryl methyl sites for hydroxylation is 1. The van der Waals surface area contributed by atoms with E-state index >= 15 is 0 Å². The summed E-state index contributed by atoms with van der Waals surface area (Å²) in [6, 6.07) is 1.92. The second-order valence-corrected chi connectivity index (χ2v) is 4.54. The van der Waals surface area contributed by atoms with E-state index in [0.717, 1.165) is 29.8 Å². The fraction of sp³-hybridized carbons (Fsp3) is 0.364. The summed E-state index contributed by atoms with van der Waals surface area (Å²) < 4.78 is 2.77. The van der Waals surface area contributed by atoms with Gasteiger partial charge in [-0.15, -0.1) is 0 Å². The van der Waals surface area contributed by atoms with Gasteiger partial charge >= 0.3 is 0 Å². The maximum absolute atomic E-state index is 4.32. The molecule has 2 aromatic rings. The Labute approximate surface area is 114 Å². The van der Waals surface area contributed by atoms with E-state index in [1.807, 2.05) is 16.9 Å². The lowest BCUT2D eigenvalue weighted by Crippen LogP contribution is -2.09. The fourth-order valence-corrected chi connectivity index (χ4v) is 1.82. The van der Waals surface area contributed by atoms with Crippen molar-refractivity contribution in [1.29, 1.82) is 0 Å². The summed E-state index contributed by atoms with van der Waals surface area (Å²) in [4.78, 5) is 8.43. The summed E-state index contributed by atoms with van der Waals surface area (Å²) in [5.74, 6) is 1.41. The van der Waals surface area contributed by atoms with Crippen LogP contribution in [0.3, 0.4) is 0 Å². The van der Waals surface area contributed by atoms with Gasteiger partial charge in [-0.2, -0.15) is 10.1 Å². The molecular formula is C11H15BrN6. The molecule has 0 aromatic carbocycles. The molecule has 0 bridgehead atoms. The van der Waals surface area contributed by atoms with Gasteiger partial charge in [0.2, 0.25) is 5.95 Å². The van der Waals surface area contributed by atoms with Crippen LogP contribution in [0.2, 0.25) is 0 Å². The molecule has 0 radical (unpaired) electrons. The van der Waals surface area contributed by atoms with Crippen molar-refractivity contribution in [1.82, 2.24) is 19.7 Å². The van der Waals surface area contributed by atoms with Crippen molar-refractivity contribution in [2.24, 2.45) is 0 Å². The predicted molar refractivity (Wildman–Crippen MR) is 74.6 cm³/mol. The highest BCUT2D eigenvalue weighted by Gasteiger charge is 2.03. The molecule has 2 rings (SSSR count). The van der Waals surface area contributed by atoms with Gasteiger partial charge < -0.3 is 10.6 Å². The van der Waals surface area contributed by atoms with Gasteiger partial charge in [0, 0.05) is 38.7 Å². The first-order valence-electron chi connectivity index (χ1n) is 5.71. The number of hydrogen-bond donors (Lipinski definition) is 2. The van der Waals surface area contributed by atoms with Crippen LogP contribution in [0.4, 0.5) is 11.8 Å². The maximum atomic E-state index is 4.32. The zero-order valence-electron chi connectivity index (χ0n) is 10.1. The van der Waals surface area contributed by atoms with E-state index in [4.69, 9.17) is 0 Å². The molecular weight excluding hydrogens is 296 g/mol. The molecule has 0 saturated carbocycles. The Morgan fingerprint density at radius 1 is 1.44 bits per heavy atom. The van der Waals surface area contributed by atoms with Crippen molar-refractivity contribution >= 4 is 27.7 Å². The van der Waals surface area contributed by atoms with Gasteiger partial charge in [-0.3, -0.25) is 4.68 Å². The highest BCUT2D eigenvalue weighted by molar-refractivity contribution is 9.10. The van der Waals surface area contributed by atoms with Gasteiger partial charge in [0.1, 0.15) is 5.82 Å². The van der Waals surface area contributed by atoms with E-state index < -0.39 is 0 Å². The summed E-state index contributed by atoms with van der Waals surface area (Å²) in [6.07, 6.45) is 6.45. The first kappa shape index (κ1) is 12.8. The highest BCUT2D eigenvalue weighted by Crippen LogP contribution is 2.19. The lowest BCUT2D eigenvalue weighted by Gasteiger charge is -2.08. The van der Waals surface area contributed by atoms with Crippen molar-refractivity contribution in [2.75, 3.05) is 24.2 Å². The van der Waals surface area contributed by atoms with Crippen LogP contribution in [-0.2, 0) is 6.54 Å². The lowest BCUT2D eigenvalue weighted by atomic mass is 10.4. The van der Waals surface area contributed by atoms with Crippen molar-refractivity contribution in [3.63, 3.8) is 0 Å². The Balaban J connectivity index is 1.82. The van der Waals surface area contributed by atoms with Gasteiger partial charge in [-0.05, 0) is 28.4 Å². The molecule has 0 aliphatic heterocycles. The number of halogens is 1. The fourth-order valence-electron chi connectivity index (χ4n) is 1.49. The zero-order valence-corrected chi connectivity index (χ0v) is 11.7. The number of hydrogen-bond acceptors (Lipinski definition) is 5. The van der Waals surface area contributed by atoms with Crippen molar-refractivity contribution in [2.45, 2.75) is 13.0 Å². The number of anilines is 2. The van der Waals surface area contributed by atoms with Crippen molar-refractivity contribution < 1.29 is 0 Å². The van der Waals surface area contributed by atoms with Crippen LogP contribution in [0.15, 0.2) is 29.1 Å². The van der Waals surface area contributed by atoms with Crippen LogP contribution in [0, 0.1) is 0 Å². The molecule has 0 aliphatic rings. The minimum Gasteiger partial charge on any atom is -0.369 e. The molecule has 0 saturated heterocycles. The van der Waals surface area contributed by atoms with Gasteiger partial charge in [0.25, 0.3) is 0 Å². The number of nitrogens with zero attached hydrogens (tertiary/aromatic N) is 4. The van der Waals surface area contributed by atoms with E-state index in [1.54, 1.807) is 19.4 Å². The normalized spacial score (nSPS) is 10.3. The Hall–Kier alpha value is -1.63. The molecule has 2 heterocycles. The summed E-state index contributed by atoms with van der Waals surface area (Å²) in [5, 5.41) is 10.3. The third-order valence-electron chi connectivity index (χ3n) is 2.38. The minimum absolute atomic E-state index is 0.604. The molecule has 2 N–H and O–H groups in total. The smallest absolute Gasteiger partial charge is 0.224 e. The standard InChI is InChI=1S/C11H15BrN6/c1-13-11-15-8-9(12)10(17-11)14-4-2-6-18-7-3-5-16-18/h3,5,7-8H,2,4,6H2,1H3,(H2,13,14,15,17). The first-order valence-corrected chi connectivity index (χ1v) is 6.50. The summed E-state index contributed by atoms with van der Waals surface area (Å²) in [7, 11) is 1.80. The Morgan fingerprint density at radius 3 is 3.06 bits per heavy atom. The Kier molecular flexibility index (Phi) is 4.52. The van der Waals surface area contributed by atoms with Gasteiger partial charge in [0.15, 0.2) is 0 Å². The van der Waals surface area contributed by atoms with Gasteiger partial charge in [0.05, 0.1) is 4.47 Å². The largest absolute Gasteiger partial charge is 0.369 e. The van der Waals surface area contributed by atoms with Crippen molar-refractivity contribution in [3.05, 3.63) is 29.1 Å². The molecule has 6 nitrogen and oxygen atoms in total. The average Bonchev–Trinajstić information content (AvgIpc) is 2.89. The zero-order chi connectivity index (χ0) is 12.8. The molecule has 0 spiro atoms. The second kappa shape index (κ2) is 6.34. The van der Waals surface area contributed by atoms with Crippen LogP contribution < -0.4 is 10.6 Å². The Bertz CT molecular complexity index is 484. The maximum Gasteiger partial charge on any atom is 0.224 e. The lowest BCUT2D eigenvalue weighted by molar-refractivity contribution is 0.591. The predicted octanol–water partition coefficient (Wildman–Crippen LogP) is 1.98. The molecule has 0 fully saturated rings. The summed E-state index contributed by atoms with van der Waals surface area (Å²) in [6.45, 7) is 1.72. The first-order chi connectivity index (χ1) is 8.79. The molecule has 0 aliphatic carbocycles. The molecule has 2 aromatic heterocycles. The van der Waals surface area contributed by atoms with Crippen LogP contribution in [0.25, 0.3) is 0 Å². The highest BCUT2D eigenvalue weighted by atomic mass is 79.9. The summed E-state index contributed by atoms with van der Waals surface area (Å²) in [5.41, 5.74) is 0. The average molecular weight is 311 g/mol. The minimum atomic E-state index is 0.604. The number of rotatable bonds is 6.